The third-order valence-corrected chi connectivity index (χ3v) is 4.29. The standard InChI is InChI=1S/C14H19ClN2O/c15-13-8-16-5-3-11(13)7-14(4-6-18-10-14)9-17-12-1-2-12/h3,5,8,12,17H,1-2,4,6-7,9-10H2. The van der Waals surface area contributed by atoms with Gasteiger partial charge in [0.15, 0.2) is 0 Å². The van der Waals surface area contributed by atoms with E-state index in [0.717, 1.165) is 43.7 Å². The van der Waals surface area contributed by atoms with E-state index in [-0.39, 0.29) is 5.41 Å². The van der Waals surface area contributed by atoms with Crippen LogP contribution in [-0.4, -0.2) is 30.8 Å². The van der Waals surface area contributed by atoms with Gasteiger partial charge in [0.25, 0.3) is 0 Å². The Morgan fingerprint density at radius 1 is 1.50 bits per heavy atom. The van der Waals surface area contributed by atoms with Crippen LogP contribution in [0.1, 0.15) is 24.8 Å². The van der Waals surface area contributed by atoms with Crippen molar-refractivity contribution in [2.75, 3.05) is 19.8 Å². The Bertz CT molecular complexity index is 414. The second kappa shape index (κ2) is 5.16. The fourth-order valence-corrected chi connectivity index (χ4v) is 2.78. The zero-order valence-electron chi connectivity index (χ0n) is 10.5. The summed E-state index contributed by atoms with van der Waals surface area (Å²) in [6.07, 6.45) is 8.30. The van der Waals surface area contributed by atoms with Crippen LogP contribution in [0.2, 0.25) is 5.02 Å². The van der Waals surface area contributed by atoms with Crippen LogP contribution >= 0.6 is 11.6 Å². The van der Waals surface area contributed by atoms with Crippen LogP contribution < -0.4 is 5.32 Å². The summed E-state index contributed by atoms with van der Waals surface area (Å²) in [5.41, 5.74) is 1.41. The highest BCUT2D eigenvalue weighted by atomic mass is 35.5. The molecule has 0 amide bonds. The van der Waals surface area contributed by atoms with Crippen LogP contribution in [0.3, 0.4) is 0 Å². The first kappa shape index (κ1) is 12.4. The normalized spacial score (nSPS) is 27.6. The van der Waals surface area contributed by atoms with Gasteiger partial charge in [-0.25, -0.2) is 0 Å². The van der Waals surface area contributed by atoms with Crippen molar-refractivity contribution in [3.05, 3.63) is 29.0 Å². The van der Waals surface area contributed by atoms with Crippen molar-refractivity contribution in [1.29, 1.82) is 0 Å². The smallest absolute Gasteiger partial charge is 0.0621 e. The molecule has 0 radical (unpaired) electrons. The molecule has 1 aliphatic carbocycles. The molecule has 1 N–H and O–H groups in total. The summed E-state index contributed by atoms with van der Waals surface area (Å²) in [5, 5.41) is 4.41. The van der Waals surface area contributed by atoms with Crippen molar-refractivity contribution < 1.29 is 4.74 Å². The van der Waals surface area contributed by atoms with Gasteiger partial charge in [-0.2, -0.15) is 0 Å². The van der Waals surface area contributed by atoms with Crippen molar-refractivity contribution in [2.45, 2.75) is 31.7 Å². The number of nitrogens with zero attached hydrogens (tertiary/aromatic N) is 1. The molecule has 1 aromatic rings. The second-order valence-corrected chi connectivity index (χ2v) is 6.01. The van der Waals surface area contributed by atoms with Crippen LogP contribution in [-0.2, 0) is 11.2 Å². The lowest BCUT2D eigenvalue weighted by Gasteiger charge is -2.28. The molecular weight excluding hydrogens is 248 g/mol. The first-order valence-corrected chi connectivity index (χ1v) is 7.05. The van der Waals surface area contributed by atoms with E-state index in [4.69, 9.17) is 16.3 Å². The molecule has 1 unspecified atom stereocenters. The predicted molar refractivity (Wildman–Crippen MR) is 71.8 cm³/mol. The molecular formula is C14H19ClN2O. The van der Waals surface area contributed by atoms with Gasteiger partial charge in [0.1, 0.15) is 0 Å². The van der Waals surface area contributed by atoms with Gasteiger partial charge in [0.2, 0.25) is 0 Å². The minimum atomic E-state index is 0.216. The van der Waals surface area contributed by atoms with E-state index < -0.39 is 0 Å². The van der Waals surface area contributed by atoms with Gasteiger partial charge in [-0.3, -0.25) is 4.98 Å². The maximum absolute atomic E-state index is 6.22. The third kappa shape index (κ3) is 2.85. The second-order valence-electron chi connectivity index (χ2n) is 5.60. The third-order valence-electron chi connectivity index (χ3n) is 3.95. The highest BCUT2D eigenvalue weighted by molar-refractivity contribution is 6.31. The quantitative estimate of drug-likeness (QED) is 0.889. The van der Waals surface area contributed by atoms with E-state index in [2.05, 4.69) is 10.3 Å². The monoisotopic (exact) mass is 266 g/mol. The molecule has 3 rings (SSSR count). The molecule has 1 saturated carbocycles. The topological polar surface area (TPSA) is 34.2 Å². The molecule has 0 aromatic carbocycles. The van der Waals surface area contributed by atoms with E-state index in [1.807, 2.05) is 12.3 Å². The zero-order chi connectivity index (χ0) is 12.4. The number of hydrogen-bond donors (Lipinski definition) is 1. The molecule has 98 valence electrons. The van der Waals surface area contributed by atoms with Gasteiger partial charge in [0.05, 0.1) is 11.6 Å². The number of ether oxygens (including phenoxy) is 1. The number of nitrogens with one attached hydrogen (secondary N) is 1. The van der Waals surface area contributed by atoms with E-state index >= 15 is 0 Å². The fraction of sp³-hybridized carbons (Fsp3) is 0.643. The highest BCUT2D eigenvalue weighted by Gasteiger charge is 2.37. The maximum Gasteiger partial charge on any atom is 0.0621 e. The summed E-state index contributed by atoms with van der Waals surface area (Å²) < 4.78 is 5.63. The molecule has 1 aliphatic heterocycles. The highest BCUT2D eigenvalue weighted by Crippen LogP contribution is 2.35. The average Bonchev–Trinajstić information content (AvgIpc) is 3.10. The lowest BCUT2D eigenvalue weighted by atomic mass is 9.81. The number of aromatic nitrogens is 1. The van der Waals surface area contributed by atoms with Gasteiger partial charge in [-0.15, -0.1) is 0 Å². The summed E-state index contributed by atoms with van der Waals surface area (Å²) in [4.78, 5) is 4.05. The summed E-state index contributed by atoms with van der Waals surface area (Å²) >= 11 is 6.22. The maximum atomic E-state index is 6.22. The Balaban J connectivity index is 1.70. The van der Waals surface area contributed by atoms with Crippen LogP contribution in [0.25, 0.3) is 0 Å². The fourth-order valence-electron chi connectivity index (χ4n) is 2.59. The predicted octanol–water partition coefficient (Wildman–Crippen LogP) is 2.44. The van der Waals surface area contributed by atoms with Crippen molar-refractivity contribution in [1.82, 2.24) is 10.3 Å². The Hall–Kier alpha value is -0.640. The van der Waals surface area contributed by atoms with Crippen LogP contribution in [0.4, 0.5) is 0 Å². The number of pyridine rings is 1. The Morgan fingerprint density at radius 3 is 3.06 bits per heavy atom. The number of halogens is 1. The minimum absolute atomic E-state index is 0.216. The lowest BCUT2D eigenvalue weighted by Crippen LogP contribution is -2.37. The SMILES string of the molecule is Clc1cnccc1CC1(CNC2CC2)CCOC1. The Morgan fingerprint density at radius 2 is 2.39 bits per heavy atom. The van der Waals surface area contributed by atoms with Gasteiger partial charge in [-0.05, 0) is 37.3 Å². The molecule has 2 fully saturated rings. The van der Waals surface area contributed by atoms with Crippen molar-refractivity contribution >= 4 is 11.6 Å². The molecule has 1 atom stereocenters. The first-order valence-electron chi connectivity index (χ1n) is 6.67. The molecule has 2 heterocycles. The summed E-state index contributed by atoms with van der Waals surface area (Å²) in [6.45, 7) is 2.75. The molecule has 4 heteroatoms. The molecule has 0 spiro atoms. The van der Waals surface area contributed by atoms with Crippen molar-refractivity contribution in [3.63, 3.8) is 0 Å². The lowest BCUT2D eigenvalue weighted by molar-refractivity contribution is 0.149. The number of hydrogen-bond acceptors (Lipinski definition) is 3. The van der Waals surface area contributed by atoms with Crippen LogP contribution in [0.15, 0.2) is 18.5 Å². The van der Waals surface area contributed by atoms with E-state index in [9.17, 15) is 0 Å². The molecule has 0 bridgehead atoms. The Kier molecular flexibility index (Phi) is 3.55. The van der Waals surface area contributed by atoms with E-state index in [1.54, 1.807) is 6.20 Å². The molecule has 1 aromatic heterocycles. The summed E-state index contributed by atoms with van der Waals surface area (Å²) in [5.74, 6) is 0. The van der Waals surface area contributed by atoms with Crippen LogP contribution in [0.5, 0.6) is 0 Å². The molecule has 3 nitrogen and oxygen atoms in total. The molecule has 18 heavy (non-hydrogen) atoms. The minimum Gasteiger partial charge on any atom is -0.381 e. The Labute approximate surface area is 113 Å². The van der Waals surface area contributed by atoms with Crippen molar-refractivity contribution in [3.8, 4) is 0 Å². The summed E-state index contributed by atoms with van der Waals surface area (Å²) in [7, 11) is 0. The van der Waals surface area contributed by atoms with E-state index in [1.165, 1.54) is 18.4 Å². The largest absolute Gasteiger partial charge is 0.381 e. The van der Waals surface area contributed by atoms with Gasteiger partial charge >= 0.3 is 0 Å². The zero-order valence-corrected chi connectivity index (χ0v) is 11.2. The molecule has 1 saturated heterocycles. The van der Waals surface area contributed by atoms with Gasteiger partial charge in [0, 0.05) is 37.0 Å². The average molecular weight is 267 g/mol. The van der Waals surface area contributed by atoms with Gasteiger partial charge in [-0.1, -0.05) is 11.6 Å². The van der Waals surface area contributed by atoms with Crippen molar-refractivity contribution in [2.24, 2.45) is 5.41 Å². The first-order chi connectivity index (χ1) is 8.77. The molecule has 2 aliphatic rings. The van der Waals surface area contributed by atoms with E-state index in [0.29, 0.717) is 0 Å². The number of rotatable bonds is 5. The van der Waals surface area contributed by atoms with Crippen LogP contribution in [0, 0.1) is 5.41 Å². The van der Waals surface area contributed by atoms with Gasteiger partial charge < -0.3 is 10.1 Å². The summed E-state index contributed by atoms with van der Waals surface area (Å²) in [6, 6.07) is 2.77.